The minimum absolute atomic E-state index is 0.148. The highest BCUT2D eigenvalue weighted by Crippen LogP contribution is 2.37. The molecule has 2 unspecified atom stereocenters. The highest BCUT2D eigenvalue weighted by molar-refractivity contribution is 6.46. The van der Waals surface area contributed by atoms with Crippen molar-refractivity contribution in [2.75, 3.05) is 7.11 Å². The second-order valence-electron chi connectivity index (χ2n) is 7.24. The molecule has 0 aliphatic rings. The van der Waals surface area contributed by atoms with Crippen LogP contribution in [-0.2, 0) is 8.85 Å². The van der Waals surface area contributed by atoms with E-state index in [1.54, 1.807) is 7.11 Å². The molecule has 0 aromatic rings. The summed E-state index contributed by atoms with van der Waals surface area (Å²) in [6, 6.07) is 0. The van der Waals surface area contributed by atoms with Crippen LogP contribution in [0.5, 0.6) is 0 Å². The number of rotatable bonds is 5. The van der Waals surface area contributed by atoms with E-state index >= 15 is 0 Å². The lowest BCUT2D eigenvalue weighted by atomic mass is 9.74. The summed E-state index contributed by atoms with van der Waals surface area (Å²) in [5.74, 6) is 0. The van der Waals surface area contributed by atoms with Crippen molar-refractivity contribution >= 4 is 9.28 Å². The first kappa shape index (κ1) is 17.1. The van der Waals surface area contributed by atoms with E-state index in [4.69, 9.17) is 8.85 Å². The van der Waals surface area contributed by atoms with Crippen molar-refractivity contribution in [2.45, 2.75) is 73.5 Å². The predicted molar refractivity (Wildman–Crippen MR) is 77.7 cm³/mol. The molecule has 0 aromatic carbocycles. The van der Waals surface area contributed by atoms with Crippen LogP contribution in [0.4, 0.5) is 0 Å². The molecule has 0 radical (unpaired) electrons. The Labute approximate surface area is 110 Å². The molecule has 2 atom stereocenters. The van der Waals surface area contributed by atoms with E-state index in [2.05, 4.69) is 55.4 Å². The van der Waals surface area contributed by atoms with E-state index in [1.807, 2.05) is 0 Å². The van der Waals surface area contributed by atoms with Crippen molar-refractivity contribution in [3.8, 4) is 0 Å². The Balaban J connectivity index is 4.87. The molecule has 0 amide bonds. The normalized spacial score (nSPS) is 17.3. The maximum Gasteiger partial charge on any atom is 0.324 e. The zero-order valence-corrected chi connectivity index (χ0v) is 14.4. The molecule has 104 valence electrons. The van der Waals surface area contributed by atoms with Gasteiger partial charge < -0.3 is 8.85 Å². The molecule has 2 nitrogen and oxygen atoms in total. The van der Waals surface area contributed by atoms with Crippen molar-refractivity contribution in [3.05, 3.63) is 0 Å². The SMILES string of the molecule is CCC(C)[SiH](OC)OC(C(C)(C)C)C(C)(C)C. The largest absolute Gasteiger partial charge is 0.400 e. The van der Waals surface area contributed by atoms with E-state index < -0.39 is 9.28 Å². The van der Waals surface area contributed by atoms with Gasteiger partial charge in [-0.15, -0.1) is 0 Å². The van der Waals surface area contributed by atoms with Crippen LogP contribution in [0.15, 0.2) is 0 Å². The first-order chi connectivity index (χ1) is 7.54. The summed E-state index contributed by atoms with van der Waals surface area (Å²) in [5.41, 5.74) is 0.859. The Hall–Kier alpha value is 0.137. The summed E-state index contributed by atoms with van der Waals surface area (Å²) < 4.78 is 12.0. The third kappa shape index (κ3) is 5.54. The summed E-state index contributed by atoms with van der Waals surface area (Å²) in [5, 5.41) is 0. The fraction of sp³-hybridized carbons (Fsp3) is 1.00. The quantitative estimate of drug-likeness (QED) is 0.692. The minimum Gasteiger partial charge on any atom is -0.400 e. The highest BCUT2D eigenvalue weighted by atomic mass is 28.3. The van der Waals surface area contributed by atoms with Crippen LogP contribution in [0.3, 0.4) is 0 Å². The topological polar surface area (TPSA) is 18.5 Å². The molecule has 0 rings (SSSR count). The molecule has 0 N–H and O–H groups in total. The van der Waals surface area contributed by atoms with Gasteiger partial charge in [0, 0.05) is 7.11 Å². The average Bonchev–Trinajstić information content (AvgIpc) is 2.14. The lowest BCUT2D eigenvalue weighted by Crippen LogP contribution is -2.45. The molecule has 3 heteroatoms. The molecule has 0 bridgehead atoms. The molecule has 0 saturated carbocycles. The molecule has 0 saturated heterocycles. The zero-order valence-electron chi connectivity index (χ0n) is 13.3. The van der Waals surface area contributed by atoms with E-state index in [0.29, 0.717) is 5.54 Å². The third-order valence-electron chi connectivity index (χ3n) is 3.18. The highest BCUT2D eigenvalue weighted by Gasteiger charge is 2.38. The Morgan fingerprint density at radius 3 is 1.65 bits per heavy atom. The predicted octanol–water partition coefficient (Wildman–Crippen LogP) is 4.13. The van der Waals surface area contributed by atoms with Crippen molar-refractivity contribution in [1.29, 1.82) is 0 Å². The lowest BCUT2D eigenvalue weighted by molar-refractivity contribution is -0.0212. The summed E-state index contributed by atoms with van der Waals surface area (Å²) >= 11 is 0. The van der Waals surface area contributed by atoms with Crippen LogP contribution in [0.1, 0.15) is 61.8 Å². The molecule has 0 aromatic heterocycles. The van der Waals surface area contributed by atoms with Gasteiger partial charge in [0.2, 0.25) is 0 Å². The smallest absolute Gasteiger partial charge is 0.324 e. The molecule has 0 heterocycles. The average molecular weight is 260 g/mol. The van der Waals surface area contributed by atoms with Gasteiger partial charge in [0.15, 0.2) is 0 Å². The van der Waals surface area contributed by atoms with Gasteiger partial charge in [-0.3, -0.25) is 0 Å². The minimum atomic E-state index is -1.56. The van der Waals surface area contributed by atoms with Crippen LogP contribution >= 0.6 is 0 Å². The van der Waals surface area contributed by atoms with E-state index in [9.17, 15) is 0 Å². The fourth-order valence-corrected chi connectivity index (χ4v) is 4.77. The maximum atomic E-state index is 6.40. The second-order valence-corrected chi connectivity index (χ2v) is 9.86. The second kappa shape index (κ2) is 6.35. The van der Waals surface area contributed by atoms with Crippen molar-refractivity contribution in [3.63, 3.8) is 0 Å². The van der Waals surface area contributed by atoms with Crippen molar-refractivity contribution in [1.82, 2.24) is 0 Å². The third-order valence-corrected chi connectivity index (χ3v) is 5.59. The van der Waals surface area contributed by atoms with Crippen LogP contribution in [-0.4, -0.2) is 22.5 Å². The Morgan fingerprint density at radius 1 is 1.00 bits per heavy atom. The van der Waals surface area contributed by atoms with E-state index in [-0.39, 0.29) is 16.9 Å². The summed E-state index contributed by atoms with van der Waals surface area (Å²) in [4.78, 5) is 0. The summed E-state index contributed by atoms with van der Waals surface area (Å²) in [7, 11) is 0.232. The Morgan fingerprint density at radius 2 is 1.41 bits per heavy atom. The molecular formula is C14H32O2Si. The van der Waals surface area contributed by atoms with Crippen LogP contribution in [0.25, 0.3) is 0 Å². The Kier molecular flexibility index (Phi) is 6.40. The van der Waals surface area contributed by atoms with Gasteiger partial charge >= 0.3 is 9.28 Å². The van der Waals surface area contributed by atoms with E-state index in [1.165, 1.54) is 0 Å². The molecule has 17 heavy (non-hydrogen) atoms. The first-order valence-corrected chi connectivity index (χ1v) is 8.33. The fourth-order valence-electron chi connectivity index (χ4n) is 2.46. The van der Waals surface area contributed by atoms with Gasteiger partial charge in [0.1, 0.15) is 0 Å². The van der Waals surface area contributed by atoms with Crippen molar-refractivity contribution < 1.29 is 8.85 Å². The van der Waals surface area contributed by atoms with Gasteiger partial charge in [0.25, 0.3) is 0 Å². The van der Waals surface area contributed by atoms with Crippen LogP contribution < -0.4 is 0 Å². The van der Waals surface area contributed by atoms with Gasteiger partial charge in [-0.2, -0.15) is 0 Å². The Bertz CT molecular complexity index is 201. The summed E-state index contributed by atoms with van der Waals surface area (Å²) in [6.07, 6.45) is 1.37. The molecule has 0 aliphatic heterocycles. The van der Waals surface area contributed by atoms with Gasteiger partial charge in [-0.05, 0) is 16.4 Å². The summed E-state index contributed by atoms with van der Waals surface area (Å²) in [6.45, 7) is 17.9. The zero-order chi connectivity index (χ0) is 13.9. The lowest BCUT2D eigenvalue weighted by Gasteiger charge is -2.43. The number of hydrogen-bond donors (Lipinski definition) is 0. The van der Waals surface area contributed by atoms with Crippen LogP contribution in [0.2, 0.25) is 5.54 Å². The monoisotopic (exact) mass is 260 g/mol. The number of hydrogen-bond acceptors (Lipinski definition) is 2. The van der Waals surface area contributed by atoms with Crippen molar-refractivity contribution in [2.24, 2.45) is 10.8 Å². The van der Waals surface area contributed by atoms with Gasteiger partial charge in [-0.25, -0.2) is 0 Å². The molecular weight excluding hydrogens is 228 g/mol. The standard InChI is InChI=1S/C14H32O2Si/c1-10-11(2)17(15-9)16-12(13(3,4)5)14(6,7)8/h11-12,17H,10H2,1-9H3. The maximum absolute atomic E-state index is 6.40. The molecule has 0 aliphatic carbocycles. The molecule has 0 spiro atoms. The van der Waals surface area contributed by atoms with E-state index in [0.717, 1.165) is 6.42 Å². The van der Waals surface area contributed by atoms with Crippen LogP contribution in [0, 0.1) is 10.8 Å². The van der Waals surface area contributed by atoms with Gasteiger partial charge in [0.05, 0.1) is 6.10 Å². The van der Waals surface area contributed by atoms with Gasteiger partial charge in [-0.1, -0.05) is 61.8 Å². The molecule has 0 fully saturated rings. The first-order valence-electron chi connectivity index (χ1n) is 6.72.